The van der Waals surface area contributed by atoms with Gasteiger partial charge in [0.1, 0.15) is 11.6 Å². The van der Waals surface area contributed by atoms with Gasteiger partial charge in [0.05, 0.1) is 5.56 Å². The summed E-state index contributed by atoms with van der Waals surface area (Å²) in [6.45, 7) is 8.00. The Morgan fingerprint density at radius 2 is 1.80 bits per heavy atom. The van der Waals surface area contributed by atoms with Crippen LogP contribution < -0.4 is 16.2 Å². The average molecular weight is 290 g/mol. The van der Waals surface area contributed by atoms with Gasteiger partial charge >= 0.3 is 6.18 Å². The van der Waals surface area contributed by atoms with E-state index in [0.717, 1.165) is 12.1 Å². The van der Waals surface area contributed by atoms with Crippen molar-refractivity contribution in [2.24, 2.45) is 11.3 Å². The predicted molar refractivity (Wildman–Crippen MR) is 74.4 cm³/mol. The normalized spacial score (nSPS) is 14.1. The summed E-state index contributed by atoms with van der Waals surface area (Å²) in [4.78, 5) is 5.81. The highest BCUT2D eigenvalue weighted by Crippen LogP contribution is 2.34. The van der Waals surface area contributed by atoms with Crippen molar-refractivity contribution >= 4 is 11.6 Å². The van der Waals surface area contributed by atoms with Crippen molar-refractivity contribution < 1.29 is 13.2 Å². The van der Waals surface area contributed by atoms with Gasteiger partial charge in [-0.3, -0.25) is 0 Å². The number of hydrogen-bond acceptors (Lipinski definition) is 4. The lowest BCUT2D eigenvalue weighted by Gasteiger charge is -2.36. The summed E-state index contributed by atoms with van der Waals surface area (Å²) in [7, 11) is 1.72. The molecule has 4 nitrogen and oxygen atoms in total. The summed E-state index contributed by atoms with van der Waals surface area (Å²) in [5, 5.41) is 0. The molecule has 0 saturated heterocycles. The van der Waals surface area contributed by atoms with Crippen molar-refractivity contribution in [3.63, 3.8) is 0 Å². The van der Waals surface area contributed by atoms with Crippen molar-refractivity contribution in [3.8, 4) is 0 Å². The predicted octanol–water partition coefficient (Wildman–Crippen LogP) is 3.26. The van der Waals surface area contributed by atoms with E-state index in [1.165, 1.54) is 0 Å². The third-order valence-electron chi connectivity index (χ3n) is 3.48. The third-order valence-corrected chi connectivity index (χ3v) is 3.48. The van der Waals surface area contributed by atoms with Gasteiger partial charge in [0, 0.05) is 13.1 Å². The summed E-state index contributed by atoms with van der Waals surface area (Å²) in [5.74, 6) is 5.41. The maximum absolute atomic E-state index is 12.9. The lowest BCUT2D eigenvalue weighted by atomic mass is 9.87. The molecule has 7 heteroatoms. The van der Waals surface area contributed by atoms with Gasteiger partial charge in [-0.15, -0.1) is 0 Å². The molecule has 0 aliphatic heterocycles. The lowest BCUT2D eigenvalue weighted by molar-refractivity contribution is -0.137. The van der Waals surface area contributed by atoms with Crippen LogP contribution in [0.1, 0.15) is 33.3 Å². The number of aromatic nitrogens is 1. The Hall–Kier alpha value is -1.50. The van der Waals surface area contributed by atoms with E-state index < -0.39 is 11.7 Å². The van der Waals surface area contributed by atoms with Crippen LogP contribution in [0.25, 0.3) is 0 Å². The molecule has 1 rings (SSSR count). The summed E-state index contributed by atoms with van der Waals surface area (Å²) >= 11 is 0. The van der Waals surface area contributed by atoms with E-state index in [-0.39, 0.29) is 23.1 Å². The van der Waals surface area contributed by atoms with Crippen LogP contribution in [0.3, 0.4) is 0 Å². The molecule has 1 unspecified atom stereocenters. The minimum absolute atomic E-state index is 0.00380. The van der Waals surface area contributed by atoms with Gasteiger partial charge in [0.2, 0.25) is 0 Å². The topological polar surface area (TPSA) is 54.2 Å². The number of hydrazine groups is 1. The maximum atomic E-state index is 12.9. The molecule has 0 aromatic carbocycles. The van der Waals surface area contributed by atoms with Gasteiger partial charge in [-0.2, -0.15) is 13.2 Å². The zero-order valence-corrected chi connectivity index (χ0v) is 12.3. The Kier molecular flexibility index (Phi) is 4.53. The number of alkyl halides is 3. The fourth-order valence-corrected chi connectivity index (χ4v) is 1.71. The van der Waals surface area contributed by atoms with Gasteiger partial charge in [-0.25, -0.2) is 10.8 Å². The van der Waals surface area contributed by atoms with Crippen molar-refractivity contribution in [1.82, 2.24) is 4.98 Å². The van der Waals surface area contributed by atoms with Gasteiger partial charge in [-0.1, -0.05) is 20.8 Å². The number of rotatable bonds is 3. The number of nitrogens with zero attached hydrogens (tertiary/aromatic N) is 2. The highest BCUT2D eigenvalue weighted by atomic mass is 19.4. The van der Waals surface area contributed by atoms with E-state index in [4.69, 9.17) is 5.84 Å². The van der Waals surface area contributed by atoms with Crippen molar-refractivity contribution in [2.45, 2.75) is 39.9 Å². The van der Waals surface area contributed by atoms with Crippen molar-refractivity contribution in [2.75, 3.05) is 17.4 Å². The number of hydrogen-bond donors (Lipinski definition) is 2. The molecular formula is C13H21F3N4. The van der Waals surface area contributed by atoms with E-state index in [2.05, 4.69) is 10.4 Å². The second kappa shape index (κ2) is 5.47. The number of anilines is 2. The van der Waals surface area contributed by atoms with Gasteiger partial charge in [0.25, 0.3) is 0 Å². The monoisotopic (exact) mass is 290 g/mol. The first-order chi connectivity index (χ1) is 8.96. The summed E-state index contributed by atoms with van der Waals surface area (Å²) in [6.07, 6.45) is -4.44. The van der Waals surface area contributed by atoms with Gasteiger partial charge < -0.3 is 10.3 Å². The summed E-state index contributed by atoms with van der Waals surface area (Å²) < 4.78 is 38.6. The first-order valence-electron chi connectivity index (χ1n) is 6.25. The smallest absolute Gasteiger partial charge is 0.356 e. The maximum Gasteiger partial charge on any atom is 0.416 e. The van der Waals surface area contributed by atoms with Crippen LogP contribution in [0, 0.1) is 5.41 Å². The molecule has 20 heavy (non-hydrogen) atoms. The van der Waals surface area contributed by atoms with Crippen LogP contribution in [0.2, 0.25) is 0 Å². The first-order valence-corrected chi connectivity index (χ1v) is 6.25. The molecule has 114 valence electrons. The molecule has 0 aliphatic carbocycles. The number of nitrogens with two attached hydrogens (primary N) is 1. The summed E-state index contributed by atoms with van der Waals surface area (Å²) in [5.41, 5.74) is 1.30. The molecule has 0 bridgehead atoms. The molecule has 1 aromatic rings. The Morgan fingerprint density at radius 3 is 2.20 bits per heavy atom. The molecule has 0 amide bonds. The number of nitrogen functional groups attached to an aromatic ring is 1. The van der Waals surface area contributed by atoms with E-state index in [9.17, 15) is 13.2 Å². The molecule has 3 N–H and O–H groups in total. The fraction of sp³-hybridized carbons (Fsp3) is 0.615. The largest absolute Gasteiger partial charge is 0.416 e. The first kappa shape index (κ1) is 16.6. The highest BCUT2D eigenvalue weighted by Gasteiger charge is 2.33. The van der Waals surface area contributed by atoms with E-state index in [1.807, 2.05) is 27.7 Å². The SMILES string of the molecule is CC(N(C)c1cc(C(F)(F)F)cc(NN)n1)C(C)(C)C. The molecule has 1 aromatic heterocycles. The van der Waals surface area contributed by atoms with Crippen LogP contribution in [0.4, 0.5) is 24.8 Å². The standard InChI is InChI=1S/C13H21F3N4/c1-8(12(2,3)4)20(5)11-7-9(13(14,15)16)6-10(18-11)19-17/h6-8H,17H2,1-5H3,(H,18,19). The van der Waals surface area contributed by atoms with Crippen LogP contribution in [-0.4, -0.2) is 18.1 Å². The zero-order valence-electron chi connectivity index (χ0n) is 12.3. The van der Waals surface area contributed by atoms with Gasteiger partial charge in [0.15, 0.2) is 0 Å². The quantitative estimate of drug-likeness (QED) is 0.663. The Labute approximate surface area is 117 Å². The molecule has 1 atom stereocenters. The molecule has 1 heterocycles. The van der Waals surface area contributed by atoms with E-state index in [1.54, 1.807) is 11.9 Å². The molecule has 0 saturated carbocycles. The second-order valence-electron chi connectivity index (χ2n) is 5.89. The van der Waals surface area contributed by atoms with Gasteiger partial charge in [-0.05, 0) is 24.5 Å². The van der Waals surface area contributed by atoms with Crippen molar-refractivity contribution in [3.05, 3.63) is 17.7 Å². The summed E-state index contributed by atoms with van der Waals surface area (Å²) in [6, 6.07) is 1.92. The number of pyridine rings is 1. The molecule has 0 spiro atoms. The van der Waals surface area contributed by atoms with Crippen LogP contribution in [0.5, 0.6) is 0 Å². The average Bonchev–Trinajstić information content (AvgIpc) is 2.34. The van der Waals surface area contributed by atoms with Crippen LogP contribution in [0.15, 0.2) is 12.1 Å². The molecule has 0 radical (unpaired) electrons. The molecular weight excluding hydrogens is 269 g/mol. The Balaban J connectivity index is 3.24. The molecule has 0 fully saturated rings. The Bertz CT molecular complexity index is 466. The zero-order chi connectivity index (χ0) is 15.7. The Morgan fingerprint density at radius 1 is 1.25 bits per heavy atom. The van der Waals surface area contributed by atoms with Crippen LogP contribution in [-0.2, 0) is 6.18 Å². The van der Waals surface area contributed by atoms with Crippen molar-refractivity contribution in [1.29, 1.82) is 0 Å². The second-order valence-corrected chi connectivity index (χ2v) is 5.89. The van der Waals surface area contributed by atoms with Crippen LogP contribution >= 0.6 is 0 Å². The fourth-order valence-electron chi connectivity index (χ4n) is 1.71. The van der Waals surface area contributed by atoms with E-state index >= 15 is 0 Å². The third kappa shape index (κ3) is 3.75. The molecule has 0 aliphatic rings. The minimum Gasteiger partial charge on any atom is -0.356 e. The lowest BCUT2D eigenvalue weighted by Crippen LogP contribution is -2.40. The van der Waals surface area contributed by atoms with E-state index in [0.29, 0.717) is 0 Å². The number of halogens is 3. The number of nitrogens with one attached hydrogen (secondary N) is 1. The minimum atomic E-state index is -4.44. The highest BCUT2D eigenvalue weighted by molar-refractivity contribution is 5.51.